The Morgan fingerprint density at radius 1 is 1.40 bits per heavy atom. The van der Waals surface area contributed by atoms with Crippen molar-refractivity contribution in [1.82, 2.24) is 15.5 Å². The molecule has 1 aromatic heterocycles. The van der Waals surface area contributed by atoms with Crippen molar-refractivity contribution in [2.75, 3.05) is 0 Å². The van der Waals surface area contributed by atoms with Gasteiger partial charge in [-0.3, -0.25) is 4.79 Å². The Morgan fingerprint density at radius 3 is 2.80 bits per heavy atom. The van der Waals surface area contributed by atoms with Crippen LogP contribution in [0.25, 0.3) is 0 Å². The van der Waals surface area contributed by atoms with Gasteiger partial charge >= 0.3 is 5.97 Å². The molecule has 6 nitrogen and oxygen atoms in total. The summed E-state index contributed by atoms with van der Waals surface area (Å²) < 4.78 is 5.19. The summed E-state index contributed by atoms with van der Waals surface area (Å²) >= 11 is 0. The second-order valence-electron chi connectivity index (χ2n) is 5.48. The minimum Gasteiger partial charge on any atom is -0.481 e. The Hall–Kier alpha value is -1.43. The first-order valence-corrected chi connectivity index (χ1v) is 7.46. The molecule has 6 heteroatoms. The number of hydrogen-bond donors (Lipinski definition) is 2. The van der Waals surface area contributed by atoms with Gasteiger partial charge in [0, 0.05) is 12.5 Å². The van der Waals surface area contributed by atoms with Crippen LogP contribution in [-0.4, -0.2) is 27.3 Å². The molecule has 0 spiro atoms. The quantitative estimate of drug-likeness (QED) is 0.796. The van der Waals surface area contributed by atoms with Gasteiger partial charge in [0.15, 0.2) is 5.82 Å². The SMILES string of the molecule is CCCCc1noc(CNC2CCC(C(=O)O)CC2)n1. The van der Waals surface area contributed by atoms with E-state index < -0.39 is 5.97 Å². The maximum Gasteiger partial charge on any atom is 0.306 e. The average molecular weight is 281 g/mol. The number of carbonyl (C=O) groups is 1. The summed E-state index contributed by atoms with van der Waals surface area (Å²) in [5, 5.41) is 16.3. The summed E-state index contributed by atoms with van der Waals surface area (Å²) in [6, 6.07) is 0.358. The van der Waals surface area contributed by atoms with E-state index >= 15 is 0 Å². The number of nitrogens with zero attached hydrogens (tertiary/aromatic N) is 2. The van der Waals surface area contributed by atoms with Gasteiger partial charge in [0.25, 0.3) is 0 Å². The molecule has 0 radical (unpaired) electrons. The Kier molecular flexibility index (Phi) is 5.52. The molecule has 1 aliphatic rings. The molecule has 0 amide bonds. The highest BCUT2D eigenvalue weighted by molar-refractivity contribution is 5.70. The lowest BCUT2D eigenvalue weighted by Crippen LogP contribution is -2.34. The third kappa shape index (κ3) is 4.30. The van der Waals surface area contributed by atoms with Crippen molar-refractivity contribution >= 4 is 5.97 Å². The van der Waals surface area contributed by atoms with E-state index in [1.807, 2.05) is 0 Å². The first-order valence-electron chi connectivity index (χ1n) is 7.46. The van der Waals surface area contributed by atoms with Crippen molar-refractivity contribution < 1.29 is 14.4 Å². The smallest absolute Gasteiger partial charge is 0.306 e. The molecule has 1 fully saturated rings. The zero-order valence-corrected chi connectivity index (χ0v) is 12.0. The van der Waals surface area contributed by atoms with Crippen molar-refractivity contribution in [1.29, 1.82) is 0 Å². The van der Waals surface area contributed by atoms with E-state index in [9.17, 15) is 4.79 Å². The summed E-state index contributed by atoms with van der Waals surface area (Å²) in [6.07, 6.45) is 6.35. The predicted octanol–water partition coefficient (Wildman–Crippen LogP) is 2.15. The van der Waals surface area contributed by atoms with E-state index in [1.165, 1.54) is 0 Å². The summed E-state index contributed by atoms with van der Waals surface area (Å²) in [7, 11) is 0. The highest BCUT2D eigenvalue weighted by Gasteiger charge is 2.25. The van der Waals surface area contributed by atoms with Gasteiger partial charge in [-0.2, -0.15) is 4.98 Å². The van der Waals surface area contributed by atoms with Crippen LogP contribution in [0.15, 0.2) is 4.52 Å². The van der Waals surface area contributed by atoms with Gasteiger partial charge in [-0.05, 0) is 32.1 Å². The molecule has 2 N–H and O–H groups in total. The van der Waals surface area contributed by atoms with Gasteiger partial charge in [-0.1, -0.05) is 18.5 Å². The molecule has 0 aliphatic heterocycles. The Bertz CT molecular complexity index is 425. The Labute approximate surface area is 118 Å². The summed E-state index contributed by atoms with van der Waals surface area (Å²) in [5.74, 6) is 0.563. The molecule has 0 saturated heterocycles. The first kappa shape index (κ1) is 15.0. The Balaban J connectivity index is 1.70. The number of unbranched alkanes of at least 4 members (excludes halogenated alkanes) is 1. The van der Waals surface area contributed by atoms with Crippen molar-refractivity contribution in [2.24, 2.45) is 5.92 Å². The number of carboxylic acid groups (broad SMARTS) is 1. The molecule has 2 rings (SSSR count). The van der Waals surface area contributed by atoms with Crippen molar-refractivity contribution in [2.45, 2.75) is 64.5 Å². The molecular formula is C14H23N3O3. The third-order valence-corrected chi connectivity index (χ3v) is 3.88. The van der Waals surface area contributed by atoms with Crippen molar-refractivity contribution in [3.05, 3.63) is 11.7 Å². The fourth-order valence-corrected chi connectivity index (χ4v) is 2.57. The molecule has 112 valence electrons. The van der Waals surface area contributed by atoms with Gasteiger partial charge in [0.2, 0.25) is 5.89 Å². The molecule has 0 atom stereocenters. The van der Waals surface area contributed by atoms with Gasteiger partial charge in [0.05, 0.1) is 12.5 Å². The fraction of sp³-hybridized carbons (Fsp3) is 0.786. The topological polar surface area (TPSA) is 88.2 Å². The molecule has 20 heavy (non-hydrogen) atoms. The monoisotopic (exact) mass is 281 g/mol. The molecular weight excluding hydrogens is 258 g/mol. The Morgan fingerprint density at radius 2 is 2.15 bits per heavy atom. The van der Waals surface area contributed by atoms with Crippen LogP contribution >= 0.6 is 0 Å². The van der Waals surface area contributed by atoms with Crippen LogP contribution in [0.4, 0.5) is 0 Å². The van der Waals surface area contributed by atoms with Crippen LogP contribution in [0.1, 0.15) is 57.2 Å². The molecule has 1 aliphatic carbocycles. The van der Waals surface area contributed by atoms with E-state index in [-0.39, 0.29) is 5.92 Å². The van der Waals surface area contributed by atoms with E-state index in [0.717, 1.165) is 50.8 Å². The van der Waals surface area contributed by atoms with Crippen molar-refractivity contribution in [3.63, 3.8) is 0 Å². The second-order valence-corrected chi connectivity index (χ2v) is 5.48. The van der Waals surface area contributed by atoms with Crippen LogP contribution in [-0.2, 0) is 17.8 Å². The van der Waals surface area contributed by atoms with E-state index in [2.05, 4.69) is 22.4 Å². The second kappa shape index (κ2) is 7.38. The molecule has 1 aromatic rings. The lowest BCUT2D eigenvalue weighted by atomic mass is 9.86. The summed E-state index contributed by atoms with van der Waals surface area (Å²) in [6.45, 7) is 2.71. The lowest BCUT2D eigenvalue weighted by Gasteiger charge is -2.26. The van der Waals surface area contributed by atoms with Crippen LogP contribution in [0.5, 0.6) is 0 Å². The van der Waals surface area contributed by atoms with Gasteiger partial charge < -0.3 is 14.9 Å². The van der Waals surface area contributed by atoms with E-state index in [0.29, 0.717) is 18.5 Å². The van der Waals surface area contributed by atoms with Crippen LogP contribution in [0.3, 0.4) is 0 Å². The normalized spacial score (nSPS) is 22.9. The highest BCUT2D eigenvalue weighted by atomic mass is 16.5. The predicted molar refractivity (Wildman–Crippen MR) is 73.1 cm³/mol. The van der Waals surface area contributed by atoms with E-state index in [1.54, 1.807) is 0 Å². The number of carboxylic acids is 1. The number of aromatic nitrogens is 2. The first-order chi connectivity index (χ1) is 9.69. The van der Waals surface area contributed by atoms with E-state index in [4.69, 9.17) is 9.63 Å². The molecule has 0 unspecified atom stereocenters. The number of aryl methyl sites for hydroxylation is 1. The maximum absolute atomic E-state index is 10.9. The van der Waals surface area contributed by atoms with Crippen LogP contribution in [0, 0.1) is 5.92 Å². The average Bonchev–Trinajstić information content (AvgIpc) is 2.91. The summed E-state index contributed by atoms with van der Waals surface area (Å²) in [4.78, 5) is 15.2. The maximum atomic E-state index is 10.9. The van der Waals surface area contributed by atoms with Crippen LogP contribution < -0.4 is 5.32 Å². The van der Waals surface area contributed by atoms with Crippen molar-refractivity contribution in [3.8, 4) is 0 Å². The third-order valence-electron chi connectivity index (χ3n) is 3.88. The molecule has 0 aromatic carbocycles. The standard InChI is InChI=1S/C14H23N3O3/c1-2-3-4-12-16-13(20-17-12)9-15-11-7-5-10(6-8-11)14(18)19/h10-11,15H,2-9H2,1H3,(H,18,19). The number of rotatable bonds is 7. The molecule has 0 bridgehead atoms. The number of hydrogen-bond acceptors (Lipinski definition) is 5. The largest absolute Gasteiger partial charge is 0.481 e. The highest BCUT2D eigenvalue weighted by Crippen LogP contribution is 2.24. The minimum atomic E-state index is -0.666. The molecule has 1 heterocycles. The molecule has 1 saturated carbocycles. The van der Waals surface area contributed by atoms with Gasteiger partial charge in [-0.15, -0.1) is 0 Å². The number of aliphatic carboxylic acids is 1. The lowest BCUT2D eigenvalue weighted by molar-refractivity contribution is -0.142. The zero-order chi connectivity index (χ0) is 14.4. The van der Waals surface area contributed by atoms with Gasteiger partial charge in [-0.25, -0.2) is 0 Å². The fourth-order valence-electron chi connectivity index (χ4n) is 2.57. The zero-order valence-electron chi connectivity index (χ0n) is 12.0. The van der Waals surface area contributed by atoms with Gasteiger partial charge in [0.1, 0.15) is 0 Å². The minimum absolute atomic E-state index is 0.169. The number of nitrogens with one attached hydrogen (secondary N) is 1. The van der Waals surface area contributed by atoms with Crippen LogP contribution in [0.2, 0.25) is 0 Å². The summed E-state index contributed by atoms with van der Waals surface area (Å²) in [5.41, 5.74) is 0.